The summed E-state index contributed by atoms with van der Waals surface area (Å²) in [5.41, 5.74) is 0.847. The van der Waals surface area contributed by atoms with Crippen molar-refractivity contribution in [3.63, 3.8) is 0 Å². The molecule has 0 aromatic heterocycles. The van der Waals surface area contributed by atoms with E-state index < -0.39 is 11.9 Å². The first-order valence-electron chi connectivity index (χ1n) is 5.67. The van der Waals surface area contributed by atoms with Crippen LogP contribution in [0.4, 0.5) is 4.39 Å². The van der Waals surface area contributed by atoms with E-state index in [4.69, 9.17) is 0 Å². The van der Waals surface area contributed by atoms with Crippen molar-refractivity contribution in [2.24, 2.45) is 5.41 Å². The second-order valence-corrected chi connectivity index (χ2v) is 5.67. The van der Waals surface area contributed by atoms with Gasteiger partial charge in [0, 0.05) is 6.42 Å². The molecule has 0 aliphatic heterocycles. The van der Waals surface area contributed by atoms with E-state index in [1.165, 1.54) is 12.1 Å². The van der Waals surface area contributed by atoms with Gasteiger partial charge in [-0.3, -0.25) is 4.79 Å². The van der Waals surface area contributed by atoms with E-state index in [1.807, 2.05) is 20.8 Å². The molecule has 0 aliphatic carbocycles. The lowest BCUT2D eigenvalue weighted by molar-refractivity contribution is -0.129. The summed E-state index contributed by atoms with van der Waals surface area (Å²) < 4.78 is 13.2. The zero-order valence-corrected chi connectivity index (χ0v) is 10.7. The zero-order valence-electron chi connectivity index (χ0n) is 10.7. The van der Waals surface area contributed by atoms with Crippen LogP contribution in [-0.4, -0.2) is 10.9 Å². The molecule has 94 valence electrons. The van der Waals surface area contributed by atoms with Gasteiger partial charge >= 0.3 is 0 Å². The smallest absolute Gasteiger partial charge is 0.166 e. The van der Waals surface area contributed by atoms with Crippen molar-refractivity contribution in [1.29, 1.82) is 0 Å². The average molecular weight is 238 g/mol. The SMILES string of the molecule is Cc1cc(F)cc(C(O)C(=O)CC(C)(C)C)c1. The highest BCUT2D eigenvalue weighted by Gasteiger charge is 2.23. The second kappa shape index (κ2) is 4.96. The molecular formula is C14H19FO2. The number of hydrogen-bond acceptors (Lipinski definition) is 2. The van der Waals surface area contributed by atoms with E-state index in [2.05, 4.69) is 0 Å². The Morgan fingerprint density at radius 2 is 1.94 bits per heavy atom. The van der Waals surface area contributed by atoms with Gasteiger partial charge in [-0.1, -0.05) is 26.8 Å². The lowest BCUT2D eigenvalue weighted by Crippen LogP contribution is -2.19. The van der Waals surface area contributed by atoms with Gasteiger partial charge in [-0.15, -0.1) is 0 Å². The van der Waals surface area contributed by atoms with Crippen molar-refractivity contribution in [1.82, 2.24) is 0 Å². The predicted octanol–water partition coefficient (Wildman–Crippen LogP) is 3.17. The third-order valence-corrected chi connectivity index (χ3v) is 2.39. The number of rotatable bonds is 3. The molecule has 0 fully saturated rings. The van der Waals surface area contributed by atoms with E-state index >= 15 is 0 Å². The molecule has 1 aromatic carbocycles. The van der Waals surface area contributed by atoms with Gasteiger partial charge in [0.15, 0.2) is 5.78 Å². The van der Waals surface area contributed by atoms with Crippen LogP contribution in [0.25, 0.3) is 0 Å². The van der Waals surface area contributed by atoms with Crippen LogP contribution < -0.4 is 0 Å². The standard InChI is InChI=1S/C14H19FO2/c1-9-5-10(7-11(15)6-9)13(17)12(16)8-14(2,3)4/h5-7,13,17H,8H2,1-4H3. The molecule has 1 aromatic rings. The fourth-order valence-corrected chi connectivity index (χ4v) is 1.73. The maximum absolute atomic E-state index is 13.2. The maximum atomic E-state index is 13.2. The lowest BCUT2D eigenvalue weighted by atomic mass is 9.87. The molecule has 1 atom stereocenters. The number of aryl methyl sites for hydroxylation is 1. The minimum atomic E-state index is -1.23. The first-order chi connectivity index (χ1) is 7.69. The Morgan fingerprint density at radius 1 is 1.35 bits per heavy atom. The largest absolute Gasteiger partial charge is 0.381 e. The van der Waals surface area contributed by atoms with Crippen molar-refractivity contribution in [3.05, 3.63) is 35.1 Å². The molecule has 0 heterocycles. The number of aliphatic hydroxyl groups is 1. The van der Waals surface area contributed by atoms with Crippen LogP contribution in [0, 0.1) is 18.2 Å². The maximum Gasteiger partial charge on any atom is 0.166 e. The number of hydrogen-bond donors (Lipinski definition) is 1. The number of Topliss-reactive ketones (excluding diaryl/α,β-unsaturated/α-hetero) is 1. The fourth-order valence-electron chi connectivity index (χ4n) is 1.73. The van der Waals surface area contributed by atoms with Crippen LogP contribution in [0.1, 0.15) is 44.4 Å². The van der Waals surface area contributed by atoms with Crippen LogP contribution in [0.5, 0.6) is 0 Å². The molecule has 3 heteroatoms. The fraction of sp³-hybridized carbons (Fsp3) is 0.500. The highest BCUT2D eigenvalue weighted by molar-refractivity contribution is 5.84. The molecule has 1 rings (SSSR count). The molecule has 0 aliphatic rings. The molecule has 0 radical (unpaired) electrons. The first-order valence-corrected chi connectivity index (χ1v) is 5.67. The van der Waals surface area contributed by atoms with E-state index in [1.54, 1.807) is 13.0 Å². The number of benzene rings is 1. The van der Waals surface area contributed by atoms with Crippen LogP contribution in [-0.2, 0) is 4.79 Å². The minimum Gasteiger partial charge on any atom is -0.381 e. The Kier molecular flexibility index (Phi) is 4.04. The Hall–Kier alpha value is -1.22. The average Bonchev–Trinajstić information content (AvgIpc) is 2.12. The summed E-state index contributed by atoms with van der Waals surface area (Å²) in [7, 11) is 0. The summed E-state index contributed by atoms with van der Waals surface area (Å²) in [6.07, 6.45) is -0.965. The summed E-state index contributed by atoms with van der Waals surface area (Å²) in [6.45, 7) is 7.50. The molecule has 0 bridgehead atoms. The first kappa shape index (κ1) is 13.8. The van der Waals surface area contributed by atoms with Gasteiger partial charge in [-0.25, -0.2) is 4.39 Å². The van der Waals surface area contributed by atoms with Gasteiger partial charge in [0.25, 0.3) is 0 Å². The quantitative estimate of drug-likeness (QED) is 0.878. The number of halogens is 1. The Labute approximate surface area is 101 Å². The molecule has 17 heavy (non-hydrogen) atoms. The van der Waals surface area contributed by atoms with Gasteiger partial charge < -0.3 is 5.11 Å². The topological polar surface area (TPSA) is 37.3 Å². The number of carbonyl (C=O) groups is 1. The molecule has 1 unspecified atom stereocenters. The molecule has 0 saturated carbocycles. The van der Waals surface area contributed by atoms with Crippen molar-refractivity contribution in [3.8, 4) is 0 Å². The summed E-state index contributed by atoms with van der Waals surface area (Å²) in [6, 6.07) is 4.21. The zero-order chi connectivity index (χ0) is 13.2. The number of carbonyl (C=O) groups excluding carboxylic acids is 1. The second-order valence-electron chi connectivity index (χ2n) is 5.67. The normalized spacial score (nSPS) is 13.5. The Balaban J connectivity index is 2.89. The third-order valence-electron chi connectivity index (χ3n) is 2.39. The third kappa shape index (κ3) is 4.27. The summed E-state index contributed by atoms with van der Waals surface area (Å²) in [5, 5.41) is 9.89. The Bertz CT molecular complexity index is 398. The minimum absolute atomic E-state index is 0.180. The van der Waals surface area contributed by atoms with Gasteiger partial charge in [-0.2, -0.15) is 0 Å². The molecule has 0 amide bonds. The van der Waals surface area contributed by atoms with Gasteiger partial charge in [0.05, 0.1) is 0 Å². The van der Waals surface area contributed by atoms with Gasteiger partial charge in [-0.05, 0) is 35.6 Å². The van der Waals surface area contributed by atoms with Gasteiger partial charge in [0.1, 0.15) is 11.9 Å². The van der Waals surface area contributed by atoms with E-state index in [0.29, 0.717) is 11.1 Å². The van der Waals surface area contributed by atoms with E-state index in [9.17, 15) is 14.3 Å². The number of ketones is 1. The van der Waals surface area contributed by atoms with E-state index in [0.717, 1.165) is 0 Å². The van der Waals surface area contributed by atoms with Crippen LogP contribution in [0.15, 0.2) is 18.2 Å². The number of aliphatic hydroxyl groups excluding tert-OH is 1. The van der Waals surface area contributed by atoms with Crippen LogP contribution in [0.2, 0.25) is 0 Å². The molecule has 2 nitrogen and oxygen atoms in total. The molecule has 0 spiro atoms. The van der Waals surface area contributed by atoms with Crippen LogP contribution >= 0.6 is 0 Å². The van der Waals surface area contributed by atoms with Crippen molar-refractivity contribution in [2.45, 2.75) is 40.2 Å². The predicted molar refractivity (Wildman–Crippen MR) is 65.2 cm³/mol. The van der Waals surface area contributed by atoms with Crippen molar-refractivity contribution >= 4 is 5.78 Å². The Morgan fingerprint density at radius 3 is 2.41 bits per heavy atom. The highest BCUT2D eigenvalue weighted by atomic mass is 19.1. The summed E-state index contributed by atoms with van der Waals surface area (Å²) >= 11 is 0. The van der Waals surface area contributed by atoms with Crippen molar-refractivity contribution < 1.29 is 14.3 Å². The van der Waals surface area contributed by atoms with Crippen LogP contribution in [0.3, 0.4) is 0 Å². The summed E-state index contributed by atoms with van der Waals surface area (Å²) in [5.74, 6) is -0.704. The lowest BCUT2D eigenvalue weighted by Gasteiger charge is -2.19. The van der Waals surface area contributed by atoms with Gasteiger partial charge in [0.2, 0.25) is 0 Å². The molecule has 1 N–H and O–H groups in total. The van der Waals surface area contributed by atoms with E-state index in [-0.39, 0.29) is 17.6 Å². The van der Waals surface area contributed by atoms with Crippen molar-refractivity contribution in [2.75, 3.05) is 0 Å². The molecule has 0 saturated heterocycles. The summed E-state index contributed by atoms with van der Waals surface area (Å²) in [4.78, 5) is 11.8. The molecular weight excluding hydrogens is 219 g/mol. The monoisotopic (exact) mass is 238 g/mol. The highest BCUT2D eigenvalue weighted by Crippen LogP contribution is 2.25.